The van der Waals surface area contributed by atoms with Crippen LogP contribution in [0.3, 0.4) is 0 Å². The van der Waals surface area contributed by atoms with E-state index < -0.39 is 34.5 Å². The number of fused-ring (bicyclic) bond motifs is 1. The van der Waals surface area contributed by atoms with Gasteiger partial charge in [0, 0.05) is 37.7 Å². The van der Waals surface area contributed by atoms with E-state index in [4.69, 9.17) is 4.74 Å². The summed E-state index contributed by atoms with van der Waals surface area (Å²) in [4.78, 5) is 44.8. The summed E-state index contributed by atoms with van der Waals surface area (Å²) in [7, 11) is 1.50. The zero-order valence-electron chi connectivity index (χ0n) is 19.7. The van der Waals surface area contributed by atoms with Crippen molar-refractivity contribution in [1.29, 1.82) is 0 Å². The van der Waals surface area contributed by atoms with Gasteiger partial charge in [-0.2, -0.15) is 0 Å². The number of rotatable bonds is 9. The number of hydrogen-bond donors (Lipinski definition) is 1. The first-order valence-corrected chi connectivity index (χ1v) is 12.0. The molecule has 12 heteroatoms. The maximum Gasteiger partial charge on any atom is 0.277 e. The number of ketones is 1. The number of thiazole rings is 1. The average Bonchev–Trinajstić information content (AvgIpc) is 3.25. The van der Waals surface area contributed by atoms with E-state index in [1.165, 1.54) is 40.3 Å². The maximum absolute atomic E-state index is 14.0. The third-order valence-corrected chi connectivity index (χ3v) is 6.63. The largest absolute Gasteiger partial charge is 0.502 e. The molecule has 1 amide bonds. The Balaban J connectivity index is 1.69. The van der Waals surface area contributed by atoms with Crippen LogP contribution in [0.1, 0.15) is 43.5 Å². The molecule has 0 saturated heterocycles. The number of hydrogen-bond acceptors (Lipinski definition) is 8. The zero-order valence-corrected chi connectivity index (χ0v) is 20.5. The molecule has 0 fully saturated rings. The van der Waals surface area contributed by atoms with Crippen LogP contribution in [0.4, 0.5) is 8.78 Å². The van der Waals surface area contributed by atoms with Crippen molar-refractivity contribution < 1.29 is 28.2 Å². The van der Waals surface area contributed by atoms with Gasteiger partial charge in [0.15, 0.2) is 17.2 Å². The topological polar surface area (TPSA) is 105 Å². The fraction of sp³-hybridized carbons (Fsp3) is 0.333. The second-order valence-electron chi connectivity index (χ2n) is 8.30. The van der Waals surface area contributed by atoms with Gasteiger partial charge in [0.25, 0.3) is 5.91 Å². The normalized spacial score (nSPS) is 13.3. The molecule has 0 spiro atoms. The number of carbonyl (C=O) groups excluding carboxylic acids is 2. The van der Waals surface area contributed by atoms with E-state index in [1.54, 1.807) is 5.01 Å². The summed E-state index contributed by atoms with van der Waals surface area (Å²) >= 11 is 1.45. The summed E-state index contributed by atoms with van der Waals surface area (Å²) in [5.74, 6) is -3.60. The summed E-state index contributed by atoms with van der Waals surface area (Å²) < 4.78 is 33.5. The highest BCUT2D eigenvalue weighted by Gasteiger charge is 2.34. The molecule has 1 N–H and O–H groups in total. The van der Waals surface area contributed by atoms with Gasteiger partial charge in [0.1, 0.15) is 18.3 Å². The maximum atomic E-state index is 14.0. The minimum Gasteiger partial charge on any atom is -0.502 e. The Hall–Kier alpha value is -3.64. The summed E-state index contributed by atoms with van der Waals surface area (Å²) in [6.07, 6.45) is 0.903. The smallest absolute Gasteiger partial charge is 0.277 e. The van der Waals surface area contributed by atoms with E-state index in [0.29, 0.717) is 5.69 Å². The van der Waals surface area contributed by atoms with Crippen molar-refractivity contribution in [2.24, 2.45) is 0 Å². The van der Waals surface area contributed by atoms with Gasteiger partial charge >= 0.3 is 0 Å². The molecule has 36 heavy (non-hydrogen) atoms. The van der Waals surface area contributed by atoms with Crippen LogP contribution in [0.5, 0.6) is 5.75 Å². The Labute approximate surface area is 209 Å². The summed E-state index contributed by atoms with van der Waals surface area (Å²) in [5, 5.41) is 15.1. The van der Waals surface area contributed by atoms with Gasteiger partial charge in [-0.1, -0.05) is 6.07 Å². The Morgan fingerprint density at radius 1 is 1.28 bits per heavy atom. The van der Waals surface area contributed by atoms with Crippen molar-refractivity contribution in [3.05, 3.63) is 79.2 Å². The van der Waals surface area contributed by atoms with Crippen molar-refractivity contribution in [1.82, 2.24) is 14.6 Å². The molecule has 0 atom stereocenters. The van der Waals surface area contributed by atoms with E-state index >= 15 is 0 Å². The summed E-state index contributed by atoms with van der Waals surface area (Å²) in [6.45, 7) is 2.67. The zero-order chi connectivity index (χ0) is 26.0. The molecule has 1 aliphatic heterocycles. The van der Waals surface area contributed by atoms with Crippen molar-refractivity contribution in [2.45, 2.75) is 26.3 Å². The number of amides is 1. The van der Waals surface area contributed by atoms with Gasteiger partial charge in [0.2, 0.25) is 5.43 Å². The number of methoxy groups -OCH3 is 1. The van der Waals surface area contributed by atoms with Crippen molar-refractivity contribution >= 4 is 23.0 Å². The van der Waals surface area contributed by atoms with Crippen molar-refractivity contribution in [3.63, 3.8) is 0 Å². The molecule has 1 aromatic carbocycles. The van der Waals surface area contributed by atoms with Crippen LogP contribution >= 0.6 is 11.3 Å². The first kappa shape index (κ1) is 25.5. The second-order valence-corrected chi connectivity index (χ2v) is 9.36. The highest BCUT2D eigenvalue weighted by Crippen LogP contribution is 2.24. The van der Waals surface area contributed by atoms with Crippen LogP contribution in [0.25, 0.3) is 0 Å². The lowest BCUT2D eigenvalue weighted by molar-refractivity contribution is 0.0619. The third kappa shape index (κ3) is 5.14. The predicted octanol–water partition coefficient (Wildman–Crippen LogP) is 2.61. The number of ether oxygens (including phenoxy) is 1. The second kappa shape index (κ2) is 10.5. The lowest BCUT2D eigenvalue weighted by Gasteiger charge is -2.39. The first-order chi connectivity index (χ1) is 17.2. The number of pyridine rings is 1. The minimum atomic E-state index is -0.989. The van der Waals surface area contributed by atoms with Gasteiger partial charge in [-0.3, -0.25) is 24.1 Å². The Morgan fingerprint density at radius 3 is 2.72 bits per heavy atom. The number of carbonyl (C=O) groups is 2. The molecule has 0 saturated carbocycles. The molecule has 1 aliphatic rings. The number of Topliss-reactive ketones (excluding diaryl/α,β-unsaturated/α-hetero) is 1. The fourth-order valence-electron chi connectivity index (χ4n) is 3.96. The number of aromatic nitrogens is 2. The highest BCUT2D eigenvalue weighted by atomic mass is 32.1. The van der Waals surface area contributed by atoms with Crippen LogP contribution in [0, 0.1) is 18.6 Å². The molecule has 190 valence electrons. The number of aromatic hydroxyl groups is 1. The van der Waals surface area contributed by atoms with Crippen LogP contribution in [0.15, 0.2) is 34.6 Å². The number of benzene rings is 1. The van der Waals surface area contributed by atoms with Gasteiger partial charge < -0.3 is 14.7 Å². The molecule has 4 rings (SSSR count). The van der Waals surface area contributed by atoms with Gasteiger partial charge in [-0.05, 0) is 25.0 Å². The first-order valence-electron chi connectivity index (χ1n) is 11.1. The predicted molar refractivity (Wildman–Crippen MR) is 128 cm³/mol. The lowest BCUT2D eigenvalue weighted by Crippen LogP contribution is -2.54. The fourth-order valence-corrected chi connectivity index (χ4v) is 4.57. The monoisotopic (exact) mass is 518 g/mol. The lowest BCUT2D eigenvalue weighted by atomic mass is 10.0. The van der Waals surface area contributed by atoms with Crippen LogP contribution < -0.4 is 10.4 Å². The number of aryl methyl sites for hydroxylation is 2. The van der Waals surface area contributed by atoms with E-state index in [-0.39, 0.29) is 56.0 Å². The molecule has 3 heterocycles. The Bertz CT molecular complexity index is 1370. The molecule has 3 aromatic rings. The van der Waals surface area contributed by atoms with E-state index in [2.05, 4.69) is 4.98 Å². The van der Waals surface area contributed by atoms with Crippen LogP contribution in [0.2, 0.25) is 0 Å². The van der Waals surface area contributed by atoms with E-state index in [9.17, 15) is 28.3 Å². The number of halogens is 2. The van der Waals surface area contributed by atoms with Crippen molar-refractivity contribution in [2.75, 3.05) is 31.9 Å². The van der Waals surface area contributed by atoms with Crippen molar-refractivity contribution in [3.8, 4) is 5.75 Å². The van der Waals surface area contributed by atoms with E-state index in [1.807, 2.05) is 12.3 Å². The Morgan fingerprint density at radius 2 is 2.06 bits per heavy atom. The van der Waals surface area contributed by atoms with Crippen LogP contribution in [-0.4, -0.2) is 58.3 Å². The minimum absolute atomic E-state index is 0.0710. The van der Waals surface area contributed by atoms with Crippen LogP contribution in [-0.2, 0) is 17.7 Å². The quantitative estimate of drug-likeness (QED) is 0.434. The molecular formula is C24H24F2N4O5S. The molecule has 9 nitrogen and oxygen atoms in total. The van der Waals surface area contributed by atoms with E-state index in [0.717, 1.165) is 17.1 Å². The summed E-state index contributed by atoms with van der Waals surface area (Å²) in [5.41, 5.74) is -0.761. The molecule has 0 bridgehead atoms. The van der Waals surface area contributed by atoms with Gasteiger partial charge in [0.05, 0.1) is 29.4 Å². The van der Waals surface area contributed by atoms with Gasteiger partial charge in [-0.25, -0.2) is 13.8 Å². The molecular weight excluding hydrogens is 494 g/mol. The molecule has 0 aliphatic carbocycles. The molecule has 0 unspecified atom stereocenters. The number of nitrogens with zero attached hydrogens (tertiary/aromatic N) is 4. The average molecular weight is 519 g/mol. The summed E-state index contributed by atoms with van der Waals surface area (Å²) in [6, 6.07) is 3.04. The third-order valence-electron chi connectivity index (χ3n) is 5.81. The highest BCUT2D eigenvalue weighted by molar-refractivity contribution is 7.09. The SMILES string of the molecule is COCCN1CN(Cc2csc(C)n2)n2cc(C(=O)CCc3ccc(F)cc3F)c(=O)c(O)c2C1=O. The standard InChI is InChI=1S/C24H24F2N4O5S/c1-14-27-17(12-36-14)10-29-13-28(7-8-35-2)24(34)21-23(33)22(32)18(11-30(21)29)20(31)6-4-15-3-5-16(25)9-19(15)26/h3,5,9,11-12,33H,4,6-8,10,13H2,1-2H3. The van der Waals surface area contributed by atoms with Gasteiger partial charge in [-0.15, -0.1) is 11.3 Å². The Kier molecular flexibility index (Phi) is 7.45. The molecule has 2 aromatic heterocycles. The molecule has 0 radical (unpaired) electrons.